The highest BCUT2D eigenvalue weighted by molar-refractivity contribution is 5.80. The summed E-state index contributed by atoms with van der Waals surface area (Å²) in [4.78, 5) is 13.2. The van der Waals surface area contributed by atoms with Crippen molar-refractivity contribution in [2.45, 2.75) is 32.0 Å². The van der Waals surface area contributed by atoms with Gasteiger partial charge in [-0.2, -0.15) is 13.2 Å². The largest absolute Gasteiger partial charge is 0.467 e. The Morgan fingerprint density at radius 2 is 2.12 bits per heavy atom. The number of hydrogen-bond acceptors (Lipinski definition) is 8. The van der Waals surface area contributed by atoms with Crippen LogP contribution < -0.4 is 10.1 Å². The van der Waals surface area contributed by atoms with Crippen LogP contribution in [-0.4, -0.2) is 72.2 Å². The molecule has 0 aliphatic carbocycles. The molecule has 2 N–H and O–H groups in total. The molecule has 1 atom stereocenters. The lowest BCUT2D eigenvalue weighted by Crippen LogP contribution is -2.43. The Morgan fingerprint density at radius 3 is 2.82 bits per heavy atom. The van der Waals surface area contributed by atoms with Gasteiger partial charge in [0.15, 0.2) is 6.79 Å². The van der Waals surface area contributed by atoms with Crippen LogP contribution >= 0.6 is 0 Å². The summed E-state index contributed by atoms with van der Waals surface area (Å²) >= 11 is 0. The lowest BCUT2D eigenvalue weighted by Gasteiger charge is -2.32. The minimum Gasteiger partial charge on any atom is -0.467 e. The Hall–Kier alpha value is -2.76. The summed E-state index contributed by atoms with van der Waals surface area (Å²) < 4.78 is 52.6. The standard InChI is InChI=1S/C22H27F3N4O4/c1-2-32-14-33-19-10-15(13-31)5-6-17(19)21-18(22(23,24)25)11-20(27-28-21)26-16-4-3-7-29(12-16)8-9-30/h5-6,10-11,13,16,30H,2-4,7-9,12,14H2,1H3,(H,26,27)/t16-/m1/s1. The number of nitrogens with one attached hydrogen (secondary N) is 1. The number of piperidine rings is 1. The van der Waals surface area contributed by atoms with E-state index >= 15 is 0 Å². The quantitative estimate of drug-likeness (QED) is 0.312. The van der Waals surface area contributed by atoms with Crippen LogP contribution in [0.4, 0.5) is 19.0 Å². The molecule has 1 aromatic carbocycles. The predicted octanol–water partition coefficient (Wildman–Crippen LogP) is 3.22. The molecule has 0 spiro atoms. The highest BCUT2D eigenvalue weighted by atomic mass is 19.4. The van der Waals surface area contributed by atoms with Crippen LogP contribution in [0.2, 0.25) is 0 Å². The first-order chi connectivity index (χ1) is 15.9. The van der Waals surface area contributed by atoms with Gasteiger partial charge in [-0.05, 0) is 44.5 Å². The summed E-state index contributed by atoms with van der Waals surface area (Å²) in [6.45, 7) is 3.88. The first-order valence-corrected chi connectivity index (χ1v) is 10.7. The van der Waals surface area contributed by atoms with Crippen LogP contribution in [0.25, 0.3) is 11.3 Å². The molecule has 11 heteroatoms. The molecular formula is C22H27F3N4O4. The molecule has 8 nitrogen and oxygen atoms in total. The van der Waals surface area contributed by atoms with E-state index in [2.05, 4.69) is 15.5 Å². The summed E-state index contributed by atoms with van der Waals surface area (Å²) in [5.41, 5.74) is -1.07. The number of carbonyl (C=O) groups excluding carboxylic acids is 1. The number of aldehydes is 1. The van der Waals surface area contributed by atoms with Crippen LogP contribution in [0.1, 0.15) is 35.7 Å². The second kappa shape index (κ2) is 11.4. The van der Waals surface area contributed by atoms with E-state index in [1.54, 1.807) is 6.92 Å². The molecule has 33 heavy (non-hydrogen) atoms. The number of anilines is 1. The molecule has 3 rings (SSSR count). The predicted molar refractivity (Wildman–Crippen MR) is 115 cm³/mol. The van der Waals surface area contributed by atoms with Crippen LogP contribution in [0, 0.1) is 0 Å². The lowest BCUT2D eigenvalue weighted by atomic mass is 10.0. The van der Waals surface area contributed by atoms with E-state index in [9.17, 15) is 18.0 Å². The number of alkyl halides is 3. The van der Waals surface area contributed by atoms with Crippen molar-refractivity contribution in [3.05, 3.63) is 35.4 Å². The molecule has 1 fully saturated rings. The van der Waals surface area contributed by atoms with Crippen LogP contribution in [0.15, 0.2) is 24.3 Å². The molecule has 0 bridgehead atoms. The average molecular weight is 468 g/mol. The van der Waals surface area contributed by atoms with E-state index < -0.39 is 17.4 Å². The number of aliphatic hydroxyl groups is 1. The highest BCUT2D eigenvalue weighted by Gasteiger charge is 2.36. The molecule has 1 saturated heterocycles. The van der Waals surface area contributed by atoms with E-state index in [1.165, 1.54) is 18.2 Å². The van der Waals surface area contributed by atoms with E-state index in [4.69, 9.17) is 14.6 Å². The van der Waals surface area contributed by atoms with Crippen molar-refractivity contribution in [2.24, 2.45) is 0 Å². The number of aromatic nitrogens is 2. The van der Waals surface area contributed by atoms with Gasteiger partial charge in [0.2, 0.25) is 0 Å². The lowest BCUT2D eigenvalue weighted by molar-refractivity contribution is -0.137. The smallest absolute Gasteiger partial charge is 0.418 e. The number of rotatable bonds is 10. The van der Waals surface area contributed by atoms with Gasteiger partial charge in [0.25, 0.3) is 0 Å². The molecule has 0 unspecified atom stereocenters. The van der Waals surface area contributed by atoms with Crippen molar-refractivity contribution >= 4 is 12.1 Å². The van der Waals surface area contributed by atoms with Gasteiger partial charge < -0.3 is 19.9 Å². The van der Waals surface area contributed by atoms with Crippen molar-refractivity contribution in [3.8, 4) is 17.0 Å². The first-order valence-electron chi connectivity index (χ1n) is 10.7. The van der Waals surface area contributed by atoms with E-state index in [1.807, 2.05) is 4.90 Å². The molecule has 2 aromatic rings. The molecule has 2 heterocycles. The van der Waals surface area contributed by atoms with Gasteiger partial charge in [-0.3, -0.25) is 9.69 Å². The Kier molecular flexibility index (Phi) is 8.59. The summed E-state index contributed by atoms with van der Waals surface area (Å²) in [7, 11) is 0. The summed E-state index contributed by atoms with van der Waals surface area (Å²) in [6, 6.07) is 4.91. The fourth-order valence-electron chi connectivity index (χ4n) is 3.72. The summed E-state index contributed by atoms with van der Waals surface area (Å²) in [5, 5.41) is 20.1. The van der Waals surface area contributed by atoms with Crippen LogP contribution in [-0.2, 0) is 10.9 Å². The fourth-order valence-corrected chi connectivity index (χ4v) is 3.72. The average Bonchev–Trinajstić information content (AvgIpc) is 2.79. The number of likely N-dealkylation sites (tertiary alicyclic amines) is 1. The molecule has 0 radical (unpaired) electrons. The number of ether oxygens (including phenoxy) is 2. The van der Waals surface area contributed by atoms with Gasteiger partial charge in [-0.1, -0.05) is 6.07 Å². The van der Waals surface area contributed by atoms with Gasteiger partial charge in [0.05, 0.1) is 12.2 Å². The van der Waals surface area contributed by atoms with E-state index in [0.29, 0.717) is 26.0 Å². The zero-order valence-electron chi connectivity index (χ0n) is 18.3. The highest BCUT2D eigenvalue weighted by Crippen LogP contribution is 2.40. The number of halogens is 3. The summed E-state index contributed by atoms with van der Waals surface area (Å²) in [6.07, 6.45) is -2.49. The van der Waals surface area contributed by atoms with E-state index in [-0.39, 0.29) is 42.1 Å². The molecule has 0 amide bonds. The second-order valence-corrected chi connectivity index (χ2v) is 7.63. The van der Waals surface area contributed by atoms with Gasteiger partial charge in [-0.25, -0.2) is 0 Å². The minimum atomic E-state index is -4.70. The topological polar surface area (TPSA) is 96.8 Å². The third-order valence-corrected chi connectivity index (χ3v) is 5.27. The Balaban J connectivity index is 1.92. The van der Waals surface area contributed by atoms with E-state index in [0.717, 1.165) is 25.5 Å². The fraction of sp³-hybridized carbons (Fsp3) is 0.500. The number of nitrogens with zero attached hydrogens (tertiary/aromatic N) is 3. The Labute approximate surface area is 189 Å². The maximum atomic E-state index is 14.0. The number of carbonyl (C=O) groups is 1. The Morgan fingerprint density at radius 1 is 1.30 bits per heavy atom. The second-order valence-electron chi connectivity index (χ2n) is 7.63. The van der Waals surface area contributed by atoms with Gasteiger partial charge in [0, 0.05) is 36.9 Å². The van der Waals surface area contributed by atoms with Crippen molar-refractivity contribution in [1.82, 2.24) is 15.1 Å². The van der Waals surface area contributed by atoms with Gasteiger partial charge >= 0.3 is 6.18 Å². The molecule has 180 valence electrons. The van der Waals surface area contributed by atoms with Crippen LogP contribution in [0.3, 0.4) is 0 Å². The number of hydrogen-bond donors (Lipinski definition) is 2. The summed E-state index contributed by atoms with van der Waals surface area (Å²) in [5.74, 6) is 0.0590. The molecule has 1 aliphatic heterocycles. The molecule has 0 saturated carbocycles. The minimum absolute atomic E-state index is 0.0169. The molecule has 1 aliphatic rings. The van der Waals surface area contributed by atoms with Gasteiger partial charge in [-0.15, -0.1) is 10.2 Å². The number of aliphatic hydroxyl groups excluding tert-OH is 1. The Bertz CT molecular complexity index is 940. The van der Waals surface area contributed by atoms with Crippen molar-refractivity contribution in [1.29, 1.82) is 0 Å². The molecule has 1 aromatic heterocycles. The van der Waals surface area contributed by atoms with Crippen molar-refractivity contribution in [2.75, 3.05) is 45.0 Å². The normalized spacial score (nSPS) is 17.1. The zero-order valence-corrected chi connectivity index (χ0v) is 18.3. The van der Waals surface area contributed by atoms with Gasteiger partial charge in [0.1, 0.15) is 23.5 Å². The number of benzene rings is 1. The van der Waals surface area contributed by atoms with Crippen molar-refractivity contribution < 1.29 is 32.5 Å². The monoisotopic (exact) mass is 468 g/mol. The molecular weight excluding hydrogens is 441 g/mol. The zero-order chi connectivity index (χ0) is 23.8. The van der Waals surface area contributed by atoms with Crippen molar-refractivity contribution in [3.63, 3.8) is 0 Å². The SMILES string of the molecule is CCOCOc1cc(C=O)ccc1-c1nnc(N[C@@H]2CCCN(CCO)C2)cc1C(F)(F)F. The maximum Gasteiger partial charge on any atom is 0.418 e. The first kappa shape index (κ1) is 24.9. The van der Waals surface area contributed by atoms with Crippen LogP contribution in [0.5, 0.6) is 5.75 Å². The maximum absolute atomic E-state index is 14.0. The third kappa shape index (κ3) is 6.62. The number of β-amino-alcohol motifs (C(OH)–C–C–N with tert-alkyl or cyclic N) is 1. The third-order valence-electron chi connectivity index (χ3n) is 5.27.